The third-order valence-electron chi connectivity index (χ3n) is 7.12. The highest BCUT2D eigenvalue weighted by molar-refractivity contribution is 6.37. The molecule has 0 bridgehead atoms. The Morgan fingerprint density at radius 1 is 1.05 bits per heavy atom. The lowest BCUT2D eigenvalue weighted by atomic mass is 9.96. The molecular formula is C33H28Cl2N2O6. The molecule has 1 atom stereocenters. The summed E-state index contributed by atoms with van der Waals surface area (Å²) in [7, 11) is 1.49. The second kappa shape index (κ2) is 12.5. The number of carbonyl (C=O) groups is 1. The fourth-order valence-electron chi connectivity index (χ4n) is 4.92. The van der Waals surface area contributed by atoms with Crippen molar-refractivity contribution in [2.75, 3.05) is 7.11 Å². The molecule has 2 heterocycles. The number of aromatic nitrogens is 1. The Balaban J connectivity index is 1.67. The van der Waals surface area contributed by atoms with Crippen molar-refractivity contribution in [3.63, 3.8) is 0 Å². The Labute approximate surface area is 258 Å². The number of methoxy groups -OCH3 is 1. The van der Waals surface area contributed by atoms with Gasteiger partial charge in [0.25, 0.3) is 5.69 Å². The average Bonchev–Trinajstić information content (AvgIpc) is 3.37. The summed E-state index contributed by atoms with van der Waals surface area (Å²) >= 11 is 12.9. The lowest BCUT2D eigenvalue weighted by molar-refractivity contribution is -0.384. The van der Waals surface area contributed by atoms with Crippen LogP contribution < -0.4 is 4.74 Å². The Morgan fingerprint density at radius 2 is 1.74 bits per heavy atom. The number of benzene rings is 3. The van der Waals surface area contributed by atoms with Gasteiger partial charge in [-0.25, -0.2) is 0 Å². The van der Waals surface area contributed by atoms with E-state index in [1.54, 1.807) is 25.1 Å². The number of carbonyl (C=O) groups excluding carboxylic acids is 1. The molecule has 0 N–H and O–H groups in total. The van der Waals surface area contributed by atoms with Gasteiger partial charge in [0.05, 0.1) is 28.0 Å². The maximum Gasteiger partial charge on any atom is 0.318 e. The number of halogens is 2. The molecule has 0 amide bonds. The Kier molecular flexibility index (Phi) is 8.71. The molecule has 3 aromatic carbocycles. The van der Waals surface area contributed by atoms with Gasteiger partial charge in [0.15, 0.2) is 11.3 Å². The van der Waals surface area contributed by atoms with Gasteiger partial charge in [-0.15, -0.1) is 0 Å². The summed E-state index contributed by atoms with van der Waals surface area (Å²) in [6.45, 7) is 6.07. The molecule has 5 aromatic rings. The third kappa shape index (κ3) is 6.21. The number of hydrogen-bond acceptors (Lipinski definition) is 7. The number of pyridine rings is 1. The highest BCUT2D eigenvalue weighted by atomic mass is 35.5. The van der Waals surface area contributed by atoms with Gasteiger partial charge in [0.1, 0.15) is 11.3 Å². The zero-order chi connectivity index (χ0) is 30.8. The van der Waals surface area contributed by atoms with Crippen LogP contribution in [-0.2, 0) is 16.0 Å². The van der Waals surface area contributed by atoms with Crippen LogP contribution in [0.4, 0.5) is 5.69 Å². The predicted molar refractivity (Wildman–Crippen MR) is 169 cm³/mol. The molecule has 220 valence electrons. The minimum absolute atomic E-state index is 0.116. The first kappa shape index (κ1) is 30.1. The fourth-order valence-corrected chi connectivity index (χ4v) is 5.40. The number of non-ortho nitro benzene ring substituents is 1. The molecule has 0 aliphatic heterocycles. The first-order valence-electron chi connectivity index (χ1n) is 13.6. The highest BCUT2D eigenvalue weighted by Crippen LogP contribution is 2.42. The zero-order valence-electron chi connectivity index (χ0n) is 23.9. The van der Waals surface area contributed by atoms with Gasteiger partial charge in [0, 0.05) is 46.4 Å². The molecule has 0 spiro atoms. The normalized spacial score (nSPS) is 12.6. The summed E-state index contributed by atoms with van der Waals surface area (Å²) in [6, 6.07) is 15.6. The Morgan fingerprint density at radius 3 is 2.37 bits per heavy atom. The molecule has 10 heteroatoms. The molecule has 0 radical (unpaired) electrons. The van der Waals surface area contributed by atoms with E-state index in [0.29, 0.717) is 44.7 Å². The molecule has 0 saturated heterocycles. The SMILES string of the molecule is COc1ccc(/C(=C\c2c(Cl)cncc2Cl)OC(=O)[C@@H](C)c2ccc(CC(C)C)cc2)c2c1oc1ccc([N+](=O)[O-])cc12. The van der Waals surface area contributed by atoms with Crippen molar-refractivity contribution in [2.24, 2.45) is 5.92 Å². The maximum atomic E-state index is 13.7. The quantitative estimate of drug-likeness (QED) is 0.0701. The second-order valence-corrected chi connectivity index (χ2v) is 11.4. The van der Waals surface area contributed by atoms with E-state index in [2.05, 4.69) is 18.8 Å². The molecule has 0 unspecified atom stereocenters. The van der Waals surface area contributed by atoms with Crippen LogP contribution in [0.25, 0.3) is 33.8 Å². The largest absolute Gasteiger partial charge is 0.493 e. The summed E-state index contributed by atoms with van der Waals surface area (Å²) < 4.78 is 17.7. The summed E-state index contributed by atoms with van der Waals surface area (Å²) in [6.07, 6.45) is 5.35. The molecular weight excluding hydrogens is 591 g/mol. The van der Waals surface area contributed by atoms with Crippen LogP contribution in [0.3, 0.4) is 0 Å². The van der Waals surface area contributed by atoms with Gasteiger partial charge in [-0.1, -0.05) is 61.3 Å². The number of nitro groups is 1. The first-order valence-corrected chi connectivity index (χ1v) is 14.3. The van der Waals surface area contributed by atoms with Gasteiger partial charge in [-0.05, 0) is 54.7 Å². The second-order valence-electron chi connectivity index (χ2n) is 10.6. The van der Waals surface area contributed by atoms with Crippen molar-refractivity contribution in [3.05, 3.63) is 109 Å². The van der Waals surface area contributed by atoms with Gasteiger partial charge >= 0.3 is 5.97 Å². The van der Waals surface area contributed by atoms with E-state index in [-0.39, 0.29) is 21.5 Å². The molecule has 0 aliphatic rings. The lowest BCUT2D eigenvalue weighted by Crippen LogP contribution is -2.13. The molecule has 43 heavy (non-hydrogen) atoms. The van der Waals surface area contributed by atoms with Crippen LogP contribution in [-0.4, -0.2) is 23.0 Å². The summed E-state index contributed by atoms with van der Waals surface area (Å²) in [5.41, 5.74) is 3.39. The van der Waals surface area contributed by atoms with Gasteiger partial charge in [-0.2, -0.15) is 0 Å². The monoisotopic (exact) mass is 618 g/mol. The van der Waals surface area contributed by atoms with Crippen molar-refractivity contribution < 1.29 is 23.6 Å². The topological polar surface area (TPSA) is 105 Å². The summed E-state index contributed by atoms with van der Waals surface area (Å²) in [5, 5.41) is 13.0. The van der Waals surface area contributed by atoms with Crippen molar-refractivity contribution in [2.45, 2.75) is 33.1 Å². The lowest BCUT2D eigenvalue weighted by Gasteiger charge is -2.16. The van der Waals surface area contributed by atoms with E-state index in [1.807, 2.05) is 24.3 Å². The van der Waals surface area contributed by atoms with Crippen molar-refractivity contribution in [1.29, 1.82) is 0 Å². The maximum absolute atomic E-state index is 13.7. The number of nitro benzene ring substituents is 1. The number of furan rings is 1. The molecule has 5 rings (SSSR count). The number of nitrogens with zero attached hydrogens (tertiary/aromatic N) is 2. The van der Waals surface area contributed by atoms with E-state index in [9.17, 15) is 14.9 Å². The number of hydrogen-bond donors (Lipinski definition) is 0. The standard InChI is InChI=1S/C33H28Cl2N2O6/c1-18(2)13-20-5-7-21(8-6-20)19(3)33(38)43-30(15-24-26(34)16-36-17-27(24)35)23-10-12-29(41-4)32-31(23)25-14-22(37(39)40)9-11-28(25)42-32/h5-12,14-19H,13H2,1-4H3/b30-15+/t19-/m0/s1. The van der Waals surface area contributed by atoms with Crippen molar-refractivity contribution in [1.82, 2.24) is 4.98 Å². The smallest absolute Gasteiger partial charge is 0.318 e. The molecule has 2 aromatic heterocycles. The molecule has 8 nitrogen and oxygen atoms in total. The van der Waals surface area contributed by atoms with E-state index >= 15 is 0 Å². The van der Waals surface area contributed by atoms with E-state index in [0.717, 1.165) is 12.0 Å². The van der Waals surface area contributed by atoms with Crippen molar-refractivity contribution >= 4 is 68.6 Å². The number of fused-ring (bicyclic) bond motifs is 3. The highest BCUT2D eigenvalue weighted by Gasteiger charge is 2.25. The number of esters is 1. The minimum atomic E-state index is -0.615. The van der Waals surface area contributed by atoms with Gasteiger partial charge < -0.3 is 13.9 Å². The molecule has 0 aliphatic carbocycles. The average molecular weight is 620 g/mol. The van der Waals surface area contributed by atoms with E-state index < -0.39 is 16.8 Å². The molecule has 0 saturated carbocycles. The van der Waals surface area contributed by atoms with Gasteiger partial charge in [-0.3, -0.25) is 19.9 Å². The Bertz CT molecular complexity index is 1860. The van der Waals surface area contributed by atoms with E-state index in [4.69, 9.17) is 37.1 Å². The first-order chi connectivity index (χ1) is 20.6. The van der Waals surface area contributed by atoms with Crippen LogP contribution in [0.5, 0.6) is 5.75 Å². The molecule has 0 fully saturated rings. The zero-order valence-corrected chi connectivity index (χ0v) is 25.4. The van der Waals surface area contributed by atoms with Crippen LogP contribution in [0.15, 0.2) is 71.4 Å². The number of ether oxygens (including phenoxy) is 2. The van der Waals surface area contributed by atoms with Gasteiger partial charge in [0.2, 0.25) is 0 Å². The van der Waals surface area contributed by atoms with Crippen LogP contribution in [0.1, 0.15) is 48.9 Å². The predicted octanol–water partition coefficient (Wildman–Crippen LogP) is 9.25. The van der Waals surface area contributed by atoms with Crippen molar-refractivity contribution in [3.8, 4) is 5.75 Å². The van der Waals surface area contributed by atoms with Crippen LogP contribution in [0, 0.1) is 16.0 Å². The van der Waals surface area contributed by atoms with Crippen LogP contribution >= 0.6 is 23.2 Å². The summed E-state index contributed by atoms with van der Waals surface area (Å²) in [4.78, 5) is 28.8. The third-order valence-corrected chi connectivity index (χ3v) is 7.72. The minimum Gasteiger partial charge on any atom is -0.493 e. The number of rotatable bonds is 9. The fraction of sp³-hybridized carbons (Fsp3) is 0.212. The van der Waals surface area contributed by atoms with E-state index in [1.165, 1.54) is 43.3 Å². The summed E-state index contributed by atoms with van der Waals surface area (Å²) in [5.74, 6) is -0.111. The Hall–Kier alpha value is -4.40. The van der Waals surface area contributed by atoms with Crippen LogP contribution in [0.2, 0.25) is 10.0 Å².